The Balaban J connectivity index is 2.66. The van der Waals surface area contributed by atoms with E-state index >= 15 is 0 Å². The number of benzene rings is 1. The highest BCUT2D eigenvalue weighted by Gasteiger charge is 2.05. The van der Waals surface area contributed by atoms with Crippen LogP contribution < -0.4 is 5.46 Å². The van der Waals surface area contributed by atoms with E-state index in [-0.39, 0.29) is 0 Å². The molecule has 0 saturated carbocycles. The second kappa shape index (κ2) is 3.42. The molecule has 0 amide bonds. The van der Waals surface area contributed by atoms with Crippen LogP contribution in [0.1, 0.15) is 19.9 Å². The van der Waals surface area contributed by atoms with Crippen molar-refractivity contribution in [2.24, 2.45) is 0 Å². The molecule has 0 N–H and O–H groups in total. The quantitative estimate of drug-likeness (QED) is 0.708. The summed E-state index contributed by atoms with van der Waals surface area (Å²) in [7, 11) is 5.78. The van der Waals surface area contributed by atoms with Gasteiger partial charge in [-0.3, -0.25) is 4.68 Å². The SMILES string of the molecule is [B]c1cc2nn(C(C)C)cc2cc1Br. The Morgan fingerprint density at radius 1 is 1.43 bits per heavy atom. The molecule has 0 saturated heterocycles. The highest BCUT2D eigenvalue weighted by molar-refractivity contribution is 9.10. The third-order valence-corrected chi connectivity index (χ3v) is 2.86. The Morgan fingerprint density at radius 2 is 2.14 bits per heavy atom. The first-order chi connectivity index (χ1) is 6.58. The first-order valence-electron chi connectivity index (χ1n) is 4.52. The summed E-state index contributed by atoms with van der Waals surface area (Å²) >= 11 is 3.40. The van der Waals surface area contributed by atoms with E-state index in [1.807, 2.05) is 23.0 Å². The van der Waals surface area contributed by atoms with Gasteiger partial charge >= 0.3 is 0 Å². The standard InChI is InChI=1S/C10H10BBrN2/c1-6(2)14-5-7-3-9(12)8(11)4-10(7)13-14/h3-6H,1-2H3. The average Bonchev–Trinajstić information content (AvgIpc) is 2.48. The maximum atomic E-state index is 5.78. The van der Waals surface area contributed by atoms with Crippen molar-refractivity contribution >= 4 is 40.1 Å². The van der Waals surface area contributed by atoms with Gasteiger partial charge in [-0.05, 0) is 26.0 Å². The number of fused-ring (bicyclic) bond motifs is 1. The van der Waals surface area contributed by atoms with Crippen molar-refractivity contribution in [2.45, 2.75) is 19.9 Å². The van der Waals surface area contributed by atoms with Gasteiger partial charge in [-0.25, -0.2) is 0 Å². The normalized spacial score (nSPS) is 11.4. The van der Waals surface area contributed by atoms with Crippen LogP contribution in [0.3, 0.4) is 0 Å². The van der Waals surface area contributed by atoms with Gasteiger partial charge in [0.2, 0.25) is 0 Å². The Bertz CT molecular complexity index is 437. The molecule has 0 spiro atoms. The van der Waals surface area contributed by atoms with E-state index in [1.165, 1.54) is 0 Å². The molecule has 2 aromatic rings. The minimum Gasteiger partial charge on any atom is -0.269 e. The molecule has 2 radical (unpaired) electrons. The second-order valence-electron chi connectivity index (χ2n) is 3.64. The summed E-state index contributed by atoms with van der Waals surface area (Å²) in [6.45, 7) is 4.20. The predicted octanol–water partition coefficient (Wildman–Crippen LogP) is 2.17. The van der Waals surface area contributed by atoms with E-state index < -0.39 is 0 Å². The van der Waals surface area contributed by atoms with Gasteiger partial charge in [0.25, 0.3) is 0 Å². The number of aromatic nitrogens is 2. The van der Waals surface area contributed by atoms with Crippen LogP contribution in [-0.4, -0.2) is 17.6 Å². The number of hydrogen-bond acceptors (Lipinski definition) is 1. The lowest BCUT2D eigenvalue weighted by Crippen LogP contribution is -2.03. The lowest BCUT2D eigenvalue weighted by atomic mass is 9.95. The Labute approximate surface area is 92.8 Å². The topological polar surface area (TPSA) is 17.8 Å². The zero-order valence-corrected chi connectivity index (χ0v) is 9.75. The molecule has 70 valence electrons. The van der Waals surface area contributed by atoms with Gasteiger partial charge in [0.15, 0.2) is 0 Å². The number of nitrogens with zero attached hydrogens (tertiary/aromatic N) is 2. The summed E-state index contributed by atoms with van der Waals surface area (Å²) in [6, 6.07) is 4.26. The van der Waals surface area contributed by atoms with Crippen LogP contribution in [0.25, 0.3) is 10.9 Å². The molecule has 0 unspecified atom stereocenters. The first kappa shape index (κ1) is 9.78. The molecule has 1 aromatic carbocycles. The van der Waals surface area contributed by atoms with Crippen molar-refractivity contribution in [3.63, 3.8) is 0 Å². The zero-order chi connectivity index (χ0) is 10.3. The minimum atomic E-state index is 0.377. The molecule has 1 heterocycles. The highest BCUT2D eigenvalue weighted by Crippen LogP contribution is 2.18. The molecule has 0 bridgehead atoms. The molecular formula is C10H10BBrN2. The fraction of sp³-hybridized carbons (Fsp3) is 0.300. The molecule has 2 rings (SSSR count). The maximum absolute atomic E-state index is 5.78. The largest absolute Gasteiger partial charge is 0.269 e. The van der Waals surface area contributed by atoms with Gasteiger partial charge in [-0.15, -0.1) is 0 Å². The van der Waals surface area contributed by atoms with Crippen molar-refractivity contribution in [1.29, 1.82) is 0 Å². The Hall–Kier alpha value is -0.765. The first-order valence-corrected chi connectivity index (χ1v) is 5.31. The summed E-state index contributed by atoms with van der Waals surface area (Å²) in [5, 5.41) is 5.54. The minimum absolute atomic E-state index is 0.377. The number of halogens is 1. The maximum Gasteiger partial charge on any atom is 0.115 e. The highest BCUT2D eigenvalue weighted by atomic mass is 79.9. The lowest BCUT2D eigenvalue weighted by Gasteiger charge is -2.02. The van der Waals surface area contributed by atoms with Crippen molar-refractivity contribution in [2.75, 3.05) is 0 Å². The third-order valence-electron chi connectivity index (χ3n) is 2.17. The summed E-state index contributed by atoms with van der Waals surface area (Å²) in [5.74, 6) is 0. The number of rotatable bonds is 1. The average molecular weight is 249 g/mol. The summed E-state index contributed by atoms with van der Waals surface area (Å²) in [5.41, 5.74) is 1.67. The Kier molecular flexibility index (Phi) is 2.39. The van der Waals surface area contributed by atoms with E-state index in [2.05, 4.69) is 34.9 Å². The van der Waals surface area contributed by atoms with Gasteiger partial charge in [0.05, 0.1) is 5.52 Å². The van der Waals surface area contributed by atoms with Crippen molar-refractivity contribution < 1.29 is 0 Å². The van der Waals surface area contributed by atoms with Crippen molar-refractivity contribution in [3.05, 3.63) is 22.8 Å². The summed E-state index contributed by atoms with van der Waals surface area (Å²) in [4.78, 5) is 0. The molecule has 0 fully saturated rings. The van der Waals surface area contributed by atoms with E-state index in [0.29, 0.717) is 6.04 Å². The summed E-state index contributed by atoms with van der Waals surface area (Å²) in [6.07, 6.45) is 2.03. The molecule has 14 heavy (non-hydrogen) atoms. The summed E-state index contributed by atoms with van der Waals surface area (Å²) < 4.78 is 2.87. The van der Waals surface area contributed by atoms with Gasteiger partial charge < -0.3 is 0 Å². The van der Waals surface area contributed by atoms with Crippen LogP contribution >= 0.6 is 15.9 Å². The third kappa shape index (κ3) is 1.59. The number of hydrogen-bond donors (Lipinski definition) is 0. The molecule has 0 aliphatic carbocycles. The molecule has 2 nitrogen and oxygen atoms in total. The van der Waals surface area contributed by atoms with Crippen molar-refractivity contribution in [3.8, 4) is 0 Å². The monoisotopic (exact) mass is 248 g/mol. The fourth-order valence-corrected chi connectivity index (χ4v) is 1.70. The van der Waals surface area contributed by atoms with E-state index in [4.69, 9.17) is 7.85 Å². The van der Waals surface area contributed by atoms with Gasteiger partial charge in [0, 0.05) is 22.1 Å². The molecule has 0 atom stereocenters. The fourth-order valence-electron chi connectivity index (χ4n) is 1.34. The molecule has 4 heteroatoms. The van der Waals surface area contributed by atoms with E-state index in [9.17, 15) is 0 Å². The predicted molar refractivity (Wildman–Crippen MR) is 63.2 cm³/mol. The molecule has 1 aromatic heterocycles. The zero-order valence-electron chi connectivity index (χ0n) is 8.16. The van der Waals surface area contributed by atoms with Gasteiger partial charge in [-0.2, -0.15) is 5.10 Å². The second-order valence-corrected chi connectivity index (χ2v) is 4.49. The van der Waals surface area contributed by atoms with Crippen LogP contribution in [0, 0.1) is 0 Å². The molecule has 0 aliphatic heterocycles. The molecular weight excluding hydrogens is 239 g/mol. The van der Waals surface area contributed by atoms with Crippen LogP contribution in [0.5, 0.6) is 0 Å². The molecule has 0 aliphatic rings. The van der Waals surface area contributed by atoms with Gasteiger partial charge in [-0.1, -0.05) is 21.4 Å². The van der Waals surface area contributed by atoms with Crippen LogP contribution in [0.2, 0.25) is 0 Å². The lowest BCUT2D eigenvalue weighted by molar-refractivity contribution is 0.537. The van der Waals surface area contributed by atoms with Gasteiger partial charge in [0.1, 0.15) is 7.85 Å². The van der Waals surface area contributed by atoms with E-state index in [0.717, 1.165) is 20.8 Å². The van der Waals surface area contributed by atoms with E-state index in [1.54, 1.807) is 0 Å². The van der Waals surface area contributed by atoms with Crippen LogP contribution in [0.4, 0.5) is 0 Å². The Morgan fingerprint density at radius 3 is 2.79 bits per heavy atom. The smallest absolute Gasteiger partial charge is 0.115 e. The van der Waals surface area contributed by atoms with Crippen LogP contribution in [-0.2, 0) is 0 Å². The van der Waals surface area contributed by atoms with Crippen LogP contribution in [0.15, 0.2) is 22.8 Å². The van der Waals surface area contributed by atoms with Crippen molar-refractivity contribution in [1.82, 2.24) is 9.78 Å².